The number of hydrogen-bond acceptors (Lipinski definition) is 6. The van der Waals surface area contributed by atoms with Crippen LogP contribution in [0.4, 0.5) is 0 Å². The summed E-state index contributed by atoms with van der Waals surface area (Å²) in [6, 6.07) is 14.4. The number of carbonyl (C=O) groups excluding carboxylic acids is 1. The summed E-state index contributed by atoms with van der Waals surface area (Å²) in [7, 11) is -3.75. The molecule has 0 saturated carbocycles. The molecule has 1 N–H and O–H groups in total. The van der Waals surface area contributed by atoms with Gasteiger partial charge in [0.05, 0.1) is 28.2 Å². The van der Waals surface area contributed by atoms with Gasteiger partial charge in [0.2, 0.25) is 10.0 Å². The molecule has 0 radical (unpaired) electrons. The molecule has 3 rings (SSSR count). The fourth-order valence-electron chi connectivity index (χ4n) is 2.79. The van der Waals surface area contributed by atoms with E-state index in [0.29, 0.717) is 12.2 Å². The largest absolute Gasteiger partial charge is 0.457 e. The lowest BCUT2D eigenvalue weighted by Gasteiger charge is -2.12. The van der Waals surface area contributed by atoms with E-state index in [4.69, 9.17) is 14.7 Å². The molecule has 0 unspecified atom stereocenters. The fourth-order valence-corrected chi connectivity index (χ4v) is 3.90. The van der Waals surface area contributed by atoms with Crippen molar-refractivity contribution in [2.45, 2.75) is 30.4 Å². The maximum Gasteiger partial charge on any atom is 0.338 e. The number of carbonyl (C=O) groups is 1. The highest BCUT2D eigenvalue weighted by Gasteiger charge is 2.21. The van der Waals surface area contributed by atoms with E-state index in [0.717, 1.165) is 18.4 Å². The molecule has 8 heteroatoms. The number of benzene rings is 2. The zero-order chi connectivity index (χ0) is 20.0. The summed E-state index contributed by atoms with van der Waals surface area (Å²) < 4.78 is 38.1. The summed E-state index contributed by atoms with van der Waals surface area (Å²) >= 11 is 0. The monoisotopic (exact) mass is 400 g/mol. The SMILES string of the molecule is N#Cc1ccc(COC(=O)c2cccc(S(=O)(=O)NC[C@H]3CCCO3)c2)cc1. The Morgan fingerprint density at radius 1 is 1.25 bits per heavy atom. The lowest BCUT2D eigenvalue weighted by atomic mass is 10.1. The Hall–Kier alpha value is -2.73. The molecule has 28 heavy (non-hydrogen) atoms. The quantitative estimate of drug-likeness (QED) is 0.716. The van der Waals surface area contributed by atoms with Crippen molar-refractivity contribution in [2.24, 2.45) is 0 Å². The number of nitrogens with one attached hydrogen (secondary N) is 1. The molecule has 0 bridgehead atoms. The van der Waals surface area contributed by atoms with Crippen LogP contribution in [0.25, 0.3) is 0 Å². The summed E-state index contributed by atoms with van der Waals surface area (Å²) in [4.78, 5) is 12.3. The molecule has 0 spiro atoms. The van der Waals surface area contributed by atoms with Gasteiger partial charge in [-0.25, -0.2) is 17.9 Å². The van der Waals surface area contributed by atoms with Gasteiger partial charge in [0, 0.05) is 13.2 Å². The Bertz CT molecular complexity index is 974. The van der Waals surface area contributed by atoms with Crippen molar-refractivity contribution < 1.29 is 22.7 Å². The molecular weight excluding hydrogens is 380 g/mol. The zero-order valence-corrected chi connectivity index (χ0v) is 15.9. The van der Waals surface area contributed by atoms with Crippen LogP contribution in [0.2, 0.25) is 0 Å². The zero-order valence-electron chi connectivity index (χ0n) is 15.1. The Morgan fingerprint density at radius 3 is 2.71 bits per heavy atom. The second-order valence-electron chi connectivity index (χ2n) is 6.40. The van der Waals surface area contributed by atoms with E-state index >= 15 is 0 Å². The van der Waals surface area contributed by atoms with Crippen molar-refractivity contribution in [2.75, 3.05) is 13.2 Å². The molecule has 146 valence electrons. The summed E-state index contributed by atoms with van der Waals surface area (Å²) in [5.41, 5.74) is 1.39. The van der Waals surface area contributed by atoms with Gasteiger partial charge in [-0.3, -0.25) is 0 Å². The van der Waals surface area contributed by atoms with Crippen LogP contribution in [-0.2, 0) is 26.1 Å². The van der Waals surface area contributed by atoms with E-state index < -0.39 is 16.0 Å². The summed E-state index contributed by atoms with van der Waals surface area (Å²) in [6.07, 6.45) is 1.63. The molecule has 0 aromatic heterocycles. The lowest BCUT2D eigenvalue weighted by molar-refractivity contribution is 0.0472. The fraction of sp³-hybridized carbons (Fsp3) is 0.300. The Morgan fingerprint density at radius 2 is 2.04 bits per heavy atom. The highest BCUT2D eigenvalue weighted by Crippen LogP contribution is 2.15. The van der Waals surface area contributed by atoms with Crippen LogP contribution < -0.4 is 4.72 Å². The normalized spacial score (nSPS) is 16.5. The van der Waals surface area contributed by atoms with Gasteiger partial charge in [-0.05, 0) is 48.7 Å². The van der Waals surface area contributed by atoms with Gasteiger partial charge >= 0.3 is 5.97 Å². The predicted molar refractivity (Wildman–Crippen MR) is 101 cm³/mol. The molecule has 1 fully saturated rings. The molecule has 0 aliphatic carbocycles. The smallest absolute Gasteiger partial charge is 0.338 e. The number of esters is 1. The molecule has 2 aromatic rings. The second-order valence-corrected chi connectivity index (χ2v) is 8.17. The highest BCUT2D eigenvalue weighted by atomic mass is 32.2. The van der Waals surface area contributed by atoms with Crippen molar-refractivity contribution in [3.63, 3.8) is 0 Å². The number of nitrogens with zero attached hydrogens (tertiary/aromatic N) is 1. The van der Waals surface area contributed by atoms with Crippen LogP contribution in [0, 0.1) is 11.3 Å². The van der Waals surface area contributed by atoms with Gasteiger partial charge in [-0.1, -0.05) is 18.2 Å². The molecular formula is C20H20N2O5S. The third-order valence-electron chi connectivity index (χ3n) is 4.36. The Balaban J connectivity index is 1.62. The summed E-state index contributed by atoms with van der Waals surface area (Å²) in [6.45, 7) is 0.876. The number of nitriles is 1. The van der Waals surface area contributed by atoms with E-state index in [1.807, 2.05) is 6.07 Å². The first-order valence-corrected chi connectivity index (χ1v) is 10.3. The Kier molecular flexibility index (Phi) is 6.41. The number of rotatable bonds is 7. The summed E-state index contributed by atoms with van der Waals surface area (Å²) in [5, 5.41) is 8.79. The highest BCUT2D eigenvalue weighted by molar-refractivity contribution is 7.89. The van der Waals surface area contributed by atoms with Crippen molar-refractivity contribution in [3.8, 4) is 6.07 Å². The Labute approximate surface area is 163 Å². The second kappa shape index (κ2) is 8.97. The molecule has 1 aliphatic rings. The van der Waals surface area contributed by atoms with E-state index in [2.05, 4.69) is 4.72 Å². The molecule has 1 atom stereocenters. The first-order chi connectivity index (χ1) is 13.5. The third kappa shape index (κ3) is 5.16. The maximum atomic E-state index is 12.5. The van der Waals surface area contributed by atoms with Crippen LogP contribution in [0.1, 0.15) is 34.3 Å². The number of ether oxygens (including phenoxy) is 2. The van der Waals surface area contributed by atoms with Crippen molar-refractivity contribution in [3.05, 3.63) is 65.2 Å². The molecule has 1 heterocycles. The average molecular weight is 400 g/mol. The molecule has 7 nitrogen and oxygen atoms in total. The van der Waals surface area contributed by atoms with Crippen molar-refractivity contribution >= 4 is 16.0 Å². The third-order valence-corrected chi connectivity index (χ3v) is 5.78. The number of sulfonamides is 1. The molecule has 1 aliphatic heterocycles. The van der Waals surface area contributed by atoms with Crippen LogP contribution >= 0.6 is 0 Å². The van der Waals surface area contributed by atoms with Crippen molar-refractivity contribution in [1.29, 1.82) is 5.26 Å². The van der Waals surface area contributed by atoms with Crippen LogP contribution in [0.15, 0.2) is 53.4 Å². The van der Waals surface area contributed by atoms with E-state index in [-0.39, 0.29) is 29.7 Å². The minimum atomic E-state index is -3.75. The van der Waals surface area contributed by atoms with Gasteiger partial charge in [0.25, 0.3) is 0 Å². The van der Waals surface area contributed by atoms with Gasteiger partial charge in [0.1, 0.15) is 6.61 Å². The first-order valence-electron chi connectivity index (χ1n) is 8.85. The van der Waals surface area contributed by atoms with Crippen LogP contribution in [0.5, 0.6) is 0 Å². The van der Waals surface area contributed by atoms with E-state index in [1.54, 1.807) is 24.3 Å². The van der Waals surface area contributed by atoms with E-state index in [1.165, 1.54) is 24.3 Å². The van der Waals surface area contributed by atoms with Gasteiger partial charge < -0.3 is 9.47 Å². The summed E-state index contributed by atoms with van der Waals surface area (Å²) in [5.74, 6) is -0.625. The minimum absolute atomic E-state index is 0.00156. The molecule has 2 aromatic carbocycles. The van der Waals surface area contributed by atoms with Gasteiger partial charge in [0.15, 0.2) is 0 Å². The lowest BCUT2D eigenvalue weighted by Crippen LogP contribution is -2.31. The van der Waals surface area contributed by atoms with Crippen LogP contribution in [0.3, 0.4) is 0 Å². The standard InChI is InChI=1S/C20H20N2O5S/c21-12-15-6-8-16(9-7-15)14-27-20(23)17-3-1-5-19(11-17)28(24,25)22-13-18-4-2-10-26-18/h1,3,5-9,11,18,22H,2,4,10,13-14H2/t18-/m1/s1. The predicted octanol–water partition coefficient (Wildman–Crippen LogP) is 2.37. The minimum Gasteiger partial charge on any atom is -0.457 e. The molecule has 1 saturated heterocycles. The molecule has 0 amide bonds. The topological polar surface area (TPSA) is 105 Å². The van der Waals surface area contributed by atoms with Crippen molar-refractivity contribution in [1.82, 2.24) is 4.72 Å². The van der Waals surface area contributed by atoms with Crippen LogP contribution in [-0.4, -0.2) is 33.6 Å². The maximum absolute atomic E-state index is 12.5. The number of hydrogen-bond donors (Lipinski definition) is 1. The van der Waals surface area contributed by atoms with E-state index in [9.17, 15) is 13.2 Å². The van der Waals surface area contributed by atoms with Gasteiger partial charge in [-0.15, -0.1) is 0 Å². The average Bonchev–Trinajstić information content (AvgIpc) is 3.25. The van der Waals surface area contributed by atoms with Gasteiger partial charge in [-0.2, -0.15) is 5.26 Å². The first kappa shape index (κ1) is 20.0.